The number of nitrogens with zero attached hydrogens (tertiary/aromatic N) is 1. The number of carbonyl (C=O) groups is 1. The summed E-state index contributed by atoms with van der Waals surface area (Å²) in [6, 6.07) is 8.64. The van der Waals surface area contributed by atoms with E-state index in [1.165, 1.54) is 0 Å². The number of hydrogen-bond donors (Lipinski definition) is 0. The molecule has 0 fully saturated rings. The summed E-state index contributed by atoms with van der Waals surface area (Å²) in [7, 11) is 0. The summed E-state index contributed by atoms with van der Waals surface area (Å²) in [6.07, 6.45) is 2.05. The van der Waals surface area contributed by atoms with Gasteiger partial charge >= 0.3 is 29.6 Å². The Bertz CT molecular complexity index is 396. The first-order chi connectivity index (χ1) is 7.88. The van der Waals surface area contributed by atoms with E-state index < -0.39 is 12.0 Å². The third kappa shape index (κ3) is 6.94. The first-order valence-corrected chi connectivity index (χ1v) is 5.67. The van der Waals surface area contributed by atoms with Crippen LogP contribution in [0.2, 0.25) is 0 Å². The van der Waals surface area contributed by atoms with Crippen LogP contribution in [0.1, 0.15) is 26.3 Å². The number of aliphatic imine (C=N–C) groups is 1. The zero-order chi connectivity index (χ0) is 12.9. The Balaban J connectivity index is 0.00000289. The van der Waals surface area contributed by atoms with Crippen molar-refractivity contribution in [1.82, 2.24) is 0 Å². The molecule has 0 aliphatic rings. The van der Waals surface area contributed by atoms with Crippen molar-refractivity contribution in [3.8, 4) is 0 Å². The quantitative estimate of drug-likeness (QED) is 0.484. The van der Waals surface area contributed by atoms with Crippen LogP contribution in [0.5, 0.6) is 0 Å². The minimum Gasteiger partial charge on any atom is -0.548 e. The minimum atomic E-state index is -1.13. The van der Waals surface area contributed by atoms with Crippen LogP contribution >= 0.6 is 0 Å². The molecular formula is C14H18NNaO2. The van der Waals surface area contributed by atoms with Gasteiger partial charge in [-0.05, 0) is 11.0 Å². The third-order valence-corrected chi connectivity index (χ3v) is 2.19. The second-order valence-corrected chi connectivity index (χ2v) is 5.17. The number of benzene rings is 1. The van der Waals surface area contributed by atoms with Crippen LogP contribution < -0.4 is 34.7 Å². The van der Waals surface area contributed by atoms with Gasteiger partial charge in [0, 0.05) is 12.6 Å². The first-order valence-electron chi connectivity index (χ1n) is 5.67. The summed E-state index contributed by atoms with van der Waals surface area (Å²) in [5.41, 5.74) is 0.831. The van der Waals surface area contributed by atoms with Crippen molar-refractivity contribution in [3.05, 3.63) is 35.9 Å². The van der Waals surface area contributed by atoms with Crippen molar-refractivity contribution in [2.75, 3.05) is 0 Å². The van der Waals surface area contributed by atoms with Gasteiger partial charge in [-0.2, -0.15) is 0 Å². The second-order valence-electron chi connectivity index (χ2n) is 5.17. The van der Waals surface area contributed by atoms with Crippen molar-refractivity contribution < 1.29 is 39.5 Å². The van der Waals surface area contributed by atoms with E-state index >= 15 is 0 Å². The van der Waals surface area contributed by atoms with Gasteiger partial charge < -0.3 is 9.90 Å². The molecule has 0 radical (unpaired) electrons. The molecule has 0 unspecified atom stereocenters. The van der Waals surface area contributed by atoms with Crippen LogP contribution in [0.4, 0.5) is 0 Å². The van der Waals surface area contributed by atoms with Gasteiger partial charge in [-0.1, -0.05) is 51.1 Å². The minimum absolute atomic E-state index is 0. The molecule has 1 aromatic carbocycles. The average Bonchev–Trinajstić information content (AvgIpc) is 2.24. The zero-order valence-electron chi connectivity index (χ0n) is 11.5. The van der Waals surface area contributed by atoms with E-state index in [2.05, 4.69) is 4.99 Å². The summed E-state index contributed by atoms with van der Waals surface area (Å²) >= 11 is 0. The maximum absolute atomic E-state index is 11.0. The fourth-order valence-electron chi connectivity index (χ4n) is 1.35. The molecule has 0 heterocycles. The molecule has 0 saturated heterocycles. The van der Waals surface area contributed by atoms with Crippen LogP contribution in [-0.4, -0.2) is 18.2 Å². The maximum Gasteiger partial charge on any atom is 1.00 e. The van der Waals surface area contributed by atoms with Crippen molar-refractivity contribution in [2.45, 2.75) is 33.2 Å². The van der Waals surface area contributed by atoms with Crippen molar-refractivity contribution in [1.29, 1.82) is 0 Å². The van der Waals surface area contributed by atoms with Crippen LogP contribution in [-0.2, 0) is 11.2 Å². The number of hydrogen-bond acceptors (Lipinski definition) is 3. The maximum atomic E-state index is 11.0. The molecular weight excluding hydrogens is 237 g/mol. The Hall–Kier alpha value is -0.640. The number of carbonyl (C=O) groups excluding carboxylic acids is 1. The molecule has 0 amide bonds. The van der Waals surface area contributed by atoms with Gasteiger partial charge in [-0.15, -0.1) is 0 Å². The Labute approximate surface area is 131 Å². The summed E-state index contributed by atoms with van der Waals surface area (Å²) in [4.78, 5) is 15.1. The normalized spacial score (nSPS) is 13.1. The van der Waals surface area contributed by atoms with Crippen molar-refractivity contribution >= 4 is 12.2 Å². The van der Waals surface area contributed by atoms with Gasteiger partial charge in [-0.25, -0.2) is 0 Å². The van der Waals surface area contributed by atoms with E-state index in [-0.39, 0.29) is 35.0 Å². The second kappa shape index (κ2) is 7.72. The summed E-state index contributed by atoms with van der Waals surface area (Å²) in [5.74, 6) is -1.13. The molecule has 4 heteroatoms. The molecule has 0 aliphatic carbocycles. The molecule has 1 atom stereocenters. The Kier molecular flexibility index (Phi) is 7.45. The van der Waals surface area contributed by atoms with Gasteiger partial charge in [0.25, 0.3) is 0 Å². The van der Waals surface area contributed by atoms with Gasteiger partial charge in [0.05, 0.1) is 12.0 Å². The zero-order valence-corrected chi connectivity index (χ0v) is 13.5. The molecule has 1 rings (SSSR count). The van der Waals surface area contributed by atoms with Crippen LogP contribution in [0.15, 0.2) is 35.3 Å². The molecule has 0 saturated carbocycles. The number of carboxylic acids is 1. The van der Waals surface area contributed by atoms with Crippen molar-refractivity contribution in [2.24, 2.45) is 10.4 Å². The summed E-state index contributed by atoms with van der Waals surface area (Å²) in [6.45, 7) is 5.93. The topological polar surface area (TPSA) is 52.5 Å². The summed E-state index contributed by atoms with van der Waals surface area (Å²) < 4.78 is 0. The van der Waals surface area contributed by atoms with E-state index in [4.69, 9.17) is 0 Å². The molecule has 0 N–H and O–H groups in total. The average molecular weight is 255 g/mol. The van der Waals surface area contributed by atoms with E-state index in [1.54, 1.807) is 6.21 Å². The Morgan fingerprint density at radius 3 is 2.33 bits per heavy atom. The Morgan fingerprint density at radius 2 is 1.89 bits per heavy atom. The first kappa shape index (κ1) is 17.4. The molecule has 18 heavy (non-hydrogen) atoms. The van der Waals surface area contributed by atoms with Gasteiger partial charge in [0.2, 0.25) is 0 Å². The van der Waals surface area contributed by atoms with Crippen LogP contribution in [0, 0.1) is 5.41 Å². The fraction of sp³-hybridized carbons (Fsp3) is 0.429. The monoisotopic (exact) mass is 255 g/mol. The molecule has 0 spiro atoms. The van der Waals surface area contributed by atoms with Gasteiger partial charge in [0.15, 0.2) is 0 Å². The molecule has 92 valence electrons. The molecule has 0 bridgehead atoms. The van der Waals surface area contributed by atoms with Crippen LogP contribution in [0.25, 0.3) is 0 Å². The molecule has 3 nitrogen and oxygen atoms in total. The smallest absolute Gasteiger partial charge is 0.548 e. The molecule has 1 aromatic rings. The fourth-order valence-corrected chi connectivity index (χ4v) is 1.35. The van der Waals surface area contributed by atoms with Crippen molar-refractivity contribution in [3.63, 3.8) is 0 Å². The van der Waals surface area contributed by atoms with E-state index in [9.17, 15) is 9.90 Å². The van der Waals surface area contributed by atoms with E-state index in [0.717, 1.165) is 5.56 Å². The van der Waals surface area contributed by atoms with E-state index in [1.807, 2.05) is 51.1 Å². The Morgan fingerprint density at radius 1 is 1.33 bits per heavy atom. The number of carboxylic acid groups (broad SMARTS) is 1. The predicted molar refractivity (Wildman–Crippen MR) is 66.9 cm³/mol. The SMILES string of the molecule is CC(C)(C)C=N[C@@H](Cc1ccccc1)C(=O)[O-].[Na+]. The molecule has 0 aliphatic heterocycles. The standard InChI is InChI=1S/C14H19NO2.Na/c1-14(2,3)10-15-12(13(16)17)9-11-7-5-4-6-8-11;/h4-8,10,12H,9H2,1-3H3,(H,16,17);/q;+1/p-1/t12-;/m0./s1. The van der Waals surface area contributed by atoms with Crippen LogP contribution in [0.3, 0.4) is 0 Å². The third-order valence-electron chi connectivity index (χ3n) is 2.19. The van der Waals surface area contributed by atoms with Gasteiger partial charge in [0.1, 0.15) is 0 Å². The number of aliphatic carboxylic acids is 1. The number of rotatable bonds is 4. The van der Waals surface area contributed by atoms with Gasteiger partial charge in [-0.3, -0.25) is 4.99 Å². The predicted octanol–water partition coefficient (Wildman–Crippen LogP) is -1.53. The van der Waals surface area contributed by atoms with E-state index in [0.29, 0.717) is 6.42 Å². The molecule has 0 aromatic heterocycles. The summed E-state index contributed by atoms with van der Waals surface area (Å²) in [5, 5.41) is 11.0. The largest absolute Gasteiger partial charge is 1.00 e.